The van der Waals surface area contributed by atoms with Gasteiger partial charge in [0, 0.05) is 39.4 Å². The molecule has 6 heteroatoms. The third-order valence-electron chi connectivity index (χ3n) is 3.84. The minimum atomic E-state index is -0.213. The number of likely N-dealkylation sites (N-methyl/N-ethyl adjacent to an activating group) is 1. The summed E-state index contributed by atoms with van der Waals surface area (Å²) in [5.41, 5.74) is 1.33. The quantitative estimate of drug-likeness (QED) is 0.841. The number of carbonyl (C=O) groups excluding carboxylic acids is 2. The van der Waals surface area contributed by atoms with Crippen LogP contribution < -0.4 is 5.32 Å². The molecule has 1 N–H and O–H groups in total. The molecule has 21 heavy (non-hydrogen) atoms. The van der Waals surface area contributed by atoms with Crippen molar-refractivity contribution in [3.8, 4) is 0 Å². The third-order valence-corrected chi connectivity index (χ3v) is 3.84. The Kier molecular flexibility index (Phi) is 4.90. The van der Waals surface area contributed by atoms with E-state index in [1.165, 1.54) is 0 Å². The van der Waals surface area contributed by atoms with Gasteiger partial charge in [0.25, 0.3) is 5.91 Å². The van der Waals surface area contributed by atoms with Crippen LogP contribution in [0.25, 0.3) is 0 Å². The first-order chi connectivity index (χ1) is 10.0. The molecule has 0 bridgehead atoms. The van der Waals surface area contributed by atoms with E-state index in [9.17, 15) is 9.59 Å². The molecule has 1 unspecified atom stereocenters. The highest BCUT2D eigenvalue weighted by Crippen LogP contribution is 2.13. The van der Waals surface area contributed by atoms with Crippen molar-refractivity contribution in [3.63, 3.8) is 0 Å². The molecule has 0 radical (unpaired) electrons. The molecule has 0 spiro atoms. The van der Waals surface area contributed by atoms with Crippen molar-refractivity contribution in [2.75, 3.05) is 40.3 Å². The summed E-state index contributed by atoms with van der Waals surface area (Å²) in [7, 11) is 3.60. The molecule has 1 fully saturated rings. The van der Waals surface area contributed by atoms with Crippen LogP contribution in [0.15, 0.2) is 18.3 Å². The fourth-order valence-electron chi connectivity index (χ4n) is 2.59. The Morgan fingerprint density at radius 2 is 2.10 bits per heavy atom. The van der Waals surface area contributed by atoms with Crippen molar-refractivity contribution in [1.82, 2.24) is 20.1 Å². The zero-order valence-electron chi connectivity index (χ0n) is 12.8. The molecular formula is C15H22N4O2. The Morgan fingerprint density at radius 3 is 2.76 bits per heavy atom. The molecule has 2 rings (SSSR count). The van der Waals surface area contributed by atoms with Crippen LogP contribution in [0.3, 0.4) is 0 Å². The monoisotopic (exact) mass is 290 g/mol. The molecule has 1 aliphatic rings. The van der Waals surface area contributed by atoms with Crippen LogP contribution in [-0.2, 0) is 4.79 Å². The van der Waals surface area contributed by atoms with E-state index in [0.29, 0.717) is 25.3 Å². The second kappa shape index (κ2) is 6.67. The normalized spacial score (nSPS) is 20.0. The smallest absolute Gasteiger partial charge is 0.272 e. The number of nitrogens with zero attached hydrogens (tertiary/aromatic N) is 3. The maximum absolute atomic E-state index is 12.6. The van der Waals surface area contributed by atoms with E-state index < -0.39 is 0 Å². The molecule has 0 aliphatic carbocycles. The number of aromatic nitrogens is 1. The SMILES string of the molecule is CNC(=O)C1CN(C)CCN(C(=O)c2ncccc2C)C1. The molecule has 0 aromatic carbocycles. The van der Waals surface area contributed by atoms with E-state index in [4.69, 9.17) is 0 Å². The van der Waals surface area contributed by atoms with Gasteiger partial charge in [0.2, 0.25) is 5.91 Å². The van der Waals surface area contributed by atoms with E-state index in [1.807, 2.05) is 26.1 Å². The first-order valence-electron chi connectivity index (χ1n) is 7.14. The second-order valence-electron chi connectivity index (χ2n) is 5.49. The molecule has 2 heterocycles. The minimum absolute atomic E-state index is 0.0284. The minimum Gasteiger partial charge on any atom is -0.359 e. The lowest BCUT2D eigenvalue weighted by molar-refractivity contribution is -0.125. The van der Waals surface area contributed by atoms with Crippen LogP contribution >= 0.6 is 0 Å². The first kappa shape index (κ1) is 15.4. The van der Waals surface area contributed by atoms with Gasteiger partial charge in [-0.15, -0.1) is 0 Å². The van der Waals surface area contributed by atoms with Crippen molar-refractivity contribution < 1.29 is 9.59 Å². The van der Waals surface area contributed by atoms with Crippen molar-refractivity contribution in [2.24, 2.45) is 5.92 Å². The van der Waals surface area contributed by atoms with E-state index in [2.05, 4.69) is 15.2 Å². The predicted octanol–water partition coefficient (Wildman–Crippen LogP) is 0.140. The number of aryl methyl sites for hydroxylation is 1. The number of carbonyl (C=O) groups is 2. The molecule has 1 atom stereocenters. The van der Waals surface area contributed by atoms with Gasteiger partial charge < -0.3 is 15.1 Å². The summed E-state index contributed by atoms with van der Waals surface area (Å²) in [5, 5.41) is 2.67. The van der Waals surface area contributed by atoms with Crippen molar-refractivity contribution in [2.45, 2.75) is 6.92 Å². The predicted molar refractivity (Wildman–Crippen MR) is 79.9 cm³/mol. The molecule has 114 valence electrons. The Hall–Kier alpha value is -1.95. The fourth-order valence-corrected chi connectivity index (χ4v) is 2.59. The summed E-state index contributed by atoms with van der Waals surface area (Å²) >= 11 is 0. The number of nitrogens with one attached hydrogen (secondary N) is 1. The highest BCUT2D eigenvalue weighted by atomic mass is 16.2. The largest absolute Gasteiger partial charge is 0.359 e. The summed E-state index contributed by atoms with van der Waals surface area (Å²) in [6, 6.07) is 3.69. The van der Waals surface area contributed by atoms with E-state index >= 15 is 0 Å². The van der Waals surface area contributed by atoms with Crippen LogP contribution in [-0.4, -0.2) is 66.9 Å². The van der Waals surface area contributed by atoms with Gasteiger partial charge in [-0.25, -0.2) is 0 Å². The zero-order valence-corrected chi connectivity index (χ0v) is 12.8. The average molecular weight is 290 g/mol. The summed E-state index contributed by atoms with van der Waals surface area (Å²) in [5.74, 6) is -0.341. The lowest BCUT2D eigenvalue weighted by Crippen LogP contribution is -2.41. The zero-order chi connectivity index (χ0) is 15.4. The molecule has 1 aliphatic heterocycles. The number of hydrogen-bond donors (Lipinski definition) is 1. The topological polar surface area (TPSA) is 65.5 Å². The highest BCUT2D eigenvalue weighted by molar-refractivity contribution is 5.94. The van der Waals surface area contributed by atoms with Crippen LogP contribution in [0.4, 0.5) is 0 Å². The van der Waals surface area contributed by atoms with E-state index in [-0.39, 0.29) is 17.7 Å². The summed E-state index contributed by atoms with van der Waals surface area (Å²) < 4.78 is 0. The Bertz CT molecular complexity index is 532. The van der Waals surface area contributed by atoms with Gasteiger partial charge in [0.05, 0.1) is 5.92 Å². The molecule has 1 aromatic rings. The van der Waals surface area contributed by atoms with Gasteiger partial charge in [-0.3, -0.25) is 14.6 Å². The number of rotatable bonds is 2. The van der Waals surface area contributed by atoms with E-state index in [1.54, 1.807) is 18.1 Å². The van der Waals surface area contributed by atoms with Crippen LogP contribution in [0.1, 0.15) is 16.1 Å². The lowest BCUT2D eigenvalue weighted by atomic mass is 10.1. The van der Waals surface area contributed by atoms with Gasteiger partial charge in [0.15, 0.2) is 0 Å². The first-order valence-corrected chi connectivity index (χ1v) is 7.14. The molecule has 1 aromatic heterocycles. The highest BCUT2D eigenvalue weighted by Gasteiger charge is 2.29. The summed E-state index contributed by atoms with van der Waals surface area (Å²) in [4.78, 5) is 32.6. The van der Waals surface area contributed by atoms with E-state index in [0.717, 1.165) is 12.1 Å². The maximum Gasteiger partial charge on any atom is 0.272 e. The Morgan fingerprint density at radius 1 is 1.33 bits per heavy atom. The lowest BCUT2D eigenvalue weighted by Gasteiger charge is -2.23. The van der Waals surface area contributed by atoms with Crippen molar-refractivity contribution in [1.29, 1.82) is 0 Å². The second-order valence-corrected chi connectivity index (χ2v) is 5.49. The number of pyridine rings is 1. The Balaban J connectivity index is 2.20. The van der Waals surface area contributed by atoms with Gasteiger partial charge in [-0.1, -0.05) is 6.07 Å². The third kappa shape index (κ3) is 3.58. The average Bonchev–Trinajstić information content (AvgIpc) is 2.68. The Labute approximate surface area is 125 Å². The van der Waals surface area contributed by atoms with Crippen LogP contribution in [0.5, 0.6) is 0 Å². The standard InChI is InChI=1S/C15H22N4O2/c1-11-5-4-6-17-13(11)15(21)19-8-7-18(3)9-12(10-19)14(20)16-2/h4-6,12H,7-10H2,1-3H3,(H,16,20). The number of amides is 2. The van der Waals surface area contributed by atoms with Gasteiger partial charge >= 0.3 is 0 Å². The van der Waals surface area contributed by atoms with Crippen molar-refractivity contribution >= 4 is 11.8 Å². The fraction of sp³-hybridized carbons (Fsp3) is 0.533. The summed E-state index contributed by atoms with van der Waals surface area (Å²) in [6.45, 7) is 4.33. The van der Waals surface area contributed by atoms with Gasteiger partial charge in [0.1, 0.15) is 5.69 Å². The van der Waals surface area contributed by atoms with Gasteiger partial charge in [-0.2, -0.15) is 0 Å². The molecular weight excluding hydrogens is 268 g/mol. The molecule has 1 saturated heterocycles. The molecule has 6 nitrogen and oxygen atoms in total. The van der Waals surface area contributed by atoms with Gasteiger partial charge in [-0.05, 0) is 25.6 Å². The summed E-state index contributed by atoms with van der Waals surface area (Å²) in [6.07, 6.45) is 1.63. The molecule has 0 saturated carbocycles. The van der Waals surface area contributed by atoms with Crippen molar-refractivity contribution in [3.05, 3.63) is 29.6 Å². The van der Waals surface area contributed by atoms with Crippen LogP contribution in [0.2, 0.25) is 0 Å². The number of hydrogen-bond acceptors (Lipinski definition) is 4. The van der Waals surface area contributed by atoms with Crippen LogP contribution in [0, 0.1) is 12.8 Å². The maximum atomic E-state index is 12.6. The molecule has 2 amide bonds.